The molecule has 7 nitrogen and oxygen atoms in total. The summed E-state index contributed by atoms with van der Waals surface area (Å²) in [6, 6.07) is 14.4. The number of aliphatic hydroxyl groups is 1. The van der Waals surface area contributed by atoms with E-state index in [-0.39, 0.29) is 24.3 Å². The summed E-state index contributed by atoms with van der Waals surface area (Å²) in [5, 5.41) is 11.0. The van der Waals surface area contributed by atoms with Crippen molar-refractivity contribution in [2.24, 2.45) is 0 Å². The molecule has 7 heteroatoms. The quantitative estimate of drug-likeness (QED) is 0.564. The van der Waals surface area contributed by atoms with Crippen molar-refractivity contribution in [3.63, 3.8) is 0 Å². The van der Waals surface area contributed by atoms with E-state index >= 15 is 0 Å². The van der Waals surface area contributed by atoms with Crippen LogP contribution in [-0.2, 0) is 6.54 Å². The summed E-state index contributed by atoms with van der Waals surface area (Å²) in [5.41, 5.74) is 0.982. The Kier molecular flexibility index (Phi) is 4.52. The van der Waals surface area contributed by atoms with Gasteiger partial charge in [-0.3, -0.25) is 9.36 Å². The van der Waals surface area contributed by atoms with Gasteiger partial charge < -0.3 is 19.0 Å². The zero-order chi connectivity index (χ0) is 18.8. The summed E-state index contributed by atoms with van der Waals surface area (Å²) in [5.74, 6) is 1.33. The van der Waals surface area contributed by atoms with Gasteiger partial charge in [0.2, 0.25) is 5.58 Å². The number of ether oxygens (including phenoxy) is 2. The molecule has 0 amide bonds. The highest BCUT2D eigenvalue weighted by molar-refractivity contribution is 6.01. The highest BCUT2D eigenvalue weighted by Gasteiger charge is 2.15. The first kappa shape index (κ1) is 17.1. The van der Waals surface area contributed by atoms with E-state index in [4.69, 9.17) is 13.9 Å². The lowest BCUT2D eigenvalue weighted by Gasteiger charge is -2.13. The van der Waals surface area contributed by atoms with Crippen molar-refractivity contribution < 1.29 is 19.0 Å². The number of aromatic nitrogens is 2. The van der Waals surface area contributed by atoms with Crippen LogP contribution in [0, 0.1) is 0 Å². The summed E-state index contributed by atoms with van der Waals surface area (Å²) in [7, 11) is 1.59. The molecule has 2 aromatic heterocycles. The molecule has 138 valence electrons. The highest BCUT2D eigenvalue weighted by Crippen LogP contribution is 2.24. The van der Waals surface area contributed by atoms with Crippen LogP contribution in [0.3, 0.4) is 0 Å². The number of fused-ring (bicyclic) bond motifs is 3. The summed E-state index contributed by atoms with van der Waals surface area (Å²) in [6.45, 7) is 0.0892. The molecule has 0 aliphatic heterocycles. The van der Waals surface area contributed by atoms with Gasteiger partial charge in [-0.1, -0.05) is 12.1 Å². The van der Waals surface area contributed by atoms with E-state index in [9.17, 15) is 9.90 Å². The molecule has 0 aliphatic rings. The first-order valence-corrected chi connectivity index (χ1v) is 8.47. The van der Waals surface area contributed by atoms with Gasteiger partial charge in [-0.25, -0.2) is 4.98 Å². The normalized spacial score (nSPS) is 12.4. The number of hydrogen-bond donors (Lipinski definition) is 1. The Bertz CT molecular complexity index is 1130. The number of benzene rings is 2. The zero-order valence-corrected chi connectivity index (χ0v) is 14.7. The number of para-hydroxylation sites is 1. The van der Waals surface area contributed by atoms with E-state index in [0.29, 0.717) is 16.8 Å². The molecule has 0 saturated heterocycles. The molecule has 2 aromatic carbocycles. The molecule has 0 aliphatic carbocycles. The van der Waals surface area contributed by atoms with Gasteiger partial charge in [-0.05, 0) is 36.4 Å². The minimum absolute atomic E-state index is 0.0386. The number of aliphatic hydroxyl groups excluding tert-OH is 1. The molecule has 0 radical (unpaired) electrons. The van der Waals surface area contributed by atoms with Crippen molar-refractivity contribution in [2.75, 3.05) is 13.7 Å². The molecule has 0 fully saturated rings. The topological polar surface area (TPSA) is 86.7 Å². The number of furan rings is 1. The molecular formula is C20H18N2O5. The Hall–Kier alpha value is -3.32. The second-order valence-corrected chi connectivity index (χ2v) is 6.12. The van der Waals surface area contributed by atoms with Crippen LogP contribution < -0.4 is 15.0 Å². The maximum absolute atomic E-state index is 12.6. The Morgan fingerprint density at radius 2 is 1.89 bits per heavy atom. The van der Waals surface area contributed by atoms with Crippen molar-refractivity contribution in [3.8, 4) is 11.5 Å². The van der Waals surface area contributed by atoms with Crippen molar-refractivity contribution in [1.29, 1.82) is 0 Å². The van der Waals surface area contributed by atoms with E-state index in [1.807, 2.05) is 18.2 Å². The van der Waals surface area contributed by atoms with Gasteiger partial charge in [0.1, 0.15) is 35.3 Å². The van der Waals surface area contributed by atoms with Gasteiger partial charge in [0.05, 0.1) is 20.0 Å². The van der Waals surface area contributed by atoms with Crippen LogP contribution in [-0.4, -0.2) is 34.5 Å². The Balaban J connectivity index is 1.49. The van der Waals surface area contributed by atoms with Gasteiger partial charge in [0, 0.05) is 5.39 Å². The maximum atomic E-state index is 12.6. The molecule has 0 bridgehead atoms. The van der Waals surface area contributed by atoms with Crippen LogP contribution >= 0.6 is 0 Å². The van der Waals surface area contributed by atoms with Gasteiger partial charge in [0.25, 0.3) is 5.56 Å². The fourth-order valence-electron chi connectivity index (χ4n) is 2.89. The average Bonchev–Trinajstić information content (AvgIpc) is 3.08. The van der Waals surface area contributed by atoms with Gasteiger partial charge in [-0.15, -0.1) is 0 Å². The van der Waals surface area contributed by atoms with Crippen molar-refractivity contribution >= 4 is 22.1 Å². The van der Waals surface area contributed by atoms with E-state index in [0.717, 1.165) is 11.1 Å². The SMILES string of the molecule is COc1ccc(OC[C@H](O)Cn2cnc3c(oc4ccccc43)c2=O)cc1. The molecule has 4 aromatic rings. The first-order chi connectivity index (χ1) is 13.2. The lowest BCUT2D eigenvalue weighted by atomic mass is 10.2. The largest absolute Gasteiger partial charge is 0.497 e. The number of hydrogen-bond acceptors (Lipinski definition) is 6. The predicted octanol–water partition coefficient (Wildman–Crippen LogP) is 2.59. The molecule has 4 rings (SSSR count). The molecule has 27 heavy (non-hydrogen) atoms. The van der Waals surface area contributed by atoms with Gasteiger partial charge >= 0.3 is 0 Å². The third-order valence-corrected chi connectivity index (χ3v) is 4.26. The van der Waals surface area contributed by atoms with Crippen LogP contribution in [0.15, 0.2) is 64.1 Å². The molecule has 0 saturated carbocycles. The standard InChI is InChI=1S/C20H18N2O5/c1-25-14-6-8-15(9-7-14)26-11-13(23)10-22-12-21-18-16-4-2-3-5-17(16)27-19(18)20(22)24/h2-9,12-13,23H,10-11H2,1H3/t13-/m1/s1. The number of rotatable bonds is 6. The van der Waals surface area contributed by atoms with Crippen molar-refractivity contribution in [1.82, 2.24) is 9.55 Å². The highest BCUT2D eigenvalue weighted by atomic mass is 16.5. The Labute approximate surface area is 154 Å². The van der Waals surface area contributed by atoms with Crippen LogP contribution in [0.1, 0.15) is 0 Å². The van der Waals surface area contributed by atoms with E-state index < -0.39 is 6.10 Å². The zero-order valence-electron chi connectivity index (χ0n) is 14.7. The average molecular weight is 366 g/mol. The number of methoxy groups -OCH3 is 1. The molecule has 2 heterocycles. The molecular weight excluding hydrogens is 348 g/mol. The van der Waals surface area contributed by atoms with E-state index in [2.05, 4.69) is 4.98 Å². The smallest absolute Gasteiger partial charge is 0.297 e. The molecule has 0 spiro atoms. The van der Waals surface area contributed by atoms with Crippen LogP contribution in [0.25, 0.3) is 22.1 Å². The minimum atomic E-state index is -0.881. The number of nitrogens with zero attached hydrogens (tertiary/aromatic N) is 2. The monoisotopic (exact) mass is 366 g/mol. The van der Waals surface area contributed by atoms with Crippen LogP contribution in [0.2, 0.25) is 0 Å². The first-order valence-electron chi connectivity index (χ1n) is 8.47. The van der Waals surface area contributed by atoms with Crippen molar-refractivity contribution in [2.45, 2.75) is 12.6 Å². The lowest BCUT2D eigenvalue weighted by Crippen LogP contribution is -2.30. The van der Waals surface area contributed by atoms with Gasteiger partial charge in [-0.2, -0.15) is 0 Å². The molecule has 0 unspecified atom stereocenters. The molecule has 1 N–H and O–H groups in total. The fraction of sp³-hybridized carbons (Fsp3) is 0.200. The third-order valence-electron chi connectivity index (χ3n) is 4.26. The second kappa shape index (κ2) is 7.13. The van der Waals surface area contributed by atoms with Crippen LogP contribution in [0.5, 0.6) is 11.5 Å². The minimum Gasteiger partial charge on any atom is -0.497 e. The molecule has 1 atom stereocenters. The maximum Gasteiger partial charge on any atom is 0.297 e. The van der Waals surface area contributed by atoms with E-state index in [1.54, 1.807) is 37.4 Å². The second-order valence-electron chi connectivity index (χ2n) is 6.12. The summed E-state index contributed by atoms with van der Waals surface area (Å²) < 4.78 is 17.6. The van der Waals surface area contributed by atoms with E-state index in [1.165, 1.54) is 10.9 Å². The van der Waals surface area contributed by atoms with Gasteiger partial charge in [0.15, 0.2) is 0 Å². The third kappa shape index (κ3) is 3.37. The summed E-state index contributed by atoms with van der Waals surface area (Å²) in [4.78, 5) is 17.0. The Morgan fingerprint density at radius 1 is 1.15 bits per heavy atom. The Morgan fingerprint density at radius 3 is 2.67 bits per heavy atom. The lowest BCUT2D eigenvalue weighted by molar-refractivity contribution is 0.0914. The predicted molar refractivity (Wildman–Crippen MR) is 100 cm³/mol. The fourth-order valence-corrected chi connectivity index (χ4v) is 2.89. The van der Waals surface area contributed by atoms with Crippen LogP contribution in [0.4, 0.5) is 0 Å². The summed E-state index contributed by atoms with van der Waals surface area (Å²) in [6.07, 6.45) is 0.539. The van der Waals surface area contributed by atoms with Crippen molar-refractivity contribution in [3.05, 3.63) is 65.2 Å². The summed E-state index contributed by atoms with van der Waals surface area (Å²) >= 11 is 0.